The molecule has 0 aliphatic carbocycles. The van der Waals surface area contributed by atoms with Crippen molar-refractivity contribution < 1.29 is 49.0 Å². The van der Waals surface area contributed by atoms with E-state index in [-0.39, 0.29) is 26.1 Å². The van der Waals surface area contributed by atoms with Gasteiger partial charge in [0.1, 0.15) is 31.0 Å². The average molecular weight is 829 g/mol. The van der Waals surface area contributed by atoms with Crippen LogP contribution in [0.2, 0.25) is 0 Å². The van der Waals surface area contributed by atoms with E-state index in [0.717, 1.165) is 44.9 Å². The summed E-state index contributed by atoms with van der Waals surface area (Å²) in [6, 6.07) is 0. The third kappa shape index (κ3) is 30.5. The molecule has 10 nitrogen and oxygen atoms in total. The van der Waals surface area contributed by atoms with Crippen LogP contribution >= 0.6 is 0 Å². The number of aliphatic hydroxyl groups excluding tert-OH is 4. The second-order valence-corrected chi connectivity index (χ2v) is 15.1. The molecular weight excluding hydrogens is 749 g/mol. The molecule has 0 radical (unpaired) electrons. The molecule has 1 saturated heterocycles. The first-order valence-corrected chi connectivity index (χ1v) is 22.7. The molecule has 6 atom stereocenters. The molecule has 2 unspecified atom stereocenters. The Bertz CT molecular complexity index is 1230. The van der Waals surface area contributed by atoms with E-state index in [0.29, 0.717) is 25.7 Å². The van der Waals surface area contributed by atoms with Gasteiger partial charge in [0.05, 0.1) is 13.2 Å². The Morgan fingerprint density at radius 1 is 0.525 bits per heavy atom. The van der Waals surface area contributed by atoms with Crippen molar-refractivity contribution in [1.29, 1.82) is 0 Å². The van der Waals surface area contributed by atoms with E-state index in [1.54, 1.807) is 0 Å². The maximum atomic E-state index is 12.7. The Morgan fingerprint density at radius 2 is 0.949 bits per heavy atom. The summed E-state index contributed by atoms with van der Waals surface area (Å²) in [5.41, 5.74) is 0. The number of unbranched alkanes of at least 4 members (excludes halogenated alkanes) is 11. The lowest BCUT2D eigenvalue weighted by Gasteiger charge is -2.39. The lowest BCUT2D eigenvalue weighted by Crippen LogP contribution is -2.59. The van der Waals surface area contributed by atoms with E-state index >= 15 is 0 Å². The first-order valence-electron chi connectivity index (χ1n) is 22.7. The molecule has 336 valence electrons. The third-order valence-electron chi connectivity index (χ3n) is 9.75. The summed E-state index contributed by atoms with van der Waals surface area (Å²) in [7, 11) is 0. The second-order valence-electron chi connectivity index (χ2n) is 15.1. The highest BCUT2D eigenvalue weighted by atomic mass is 16.7. The number of hydrogen-bond acceptors (Lipinski definition) is 10. The van der Waals surface area contributed by atoms with Crippen molar-refractivity contribution in [3.63, 3.8) is 0 Å². The zero-order valence-electron chi connectivity index (χ0n) is 36.5. The molecule has 1 fully saturated rings. The Labute approximate surface area is 356 Å². The molecule has 0 saturated carbocycles. The van der Waals surface area contributed by atoms with E-state index in [1.165, 1.54) is 57.8 Å². The Kier molecular flexibility index (Phi) is 35.7. The van der Waals surface area contributed by atoms with Gasteiger partial charge in [-0.05, 0) is 83.5 Å². The van der Waals surface area contributed by atoms with Crippen LogP contribution in [-0.4, -0.2) is 89.0 Å². The normalized spacial score (nSPS) is 20.8. The molecule has 1 heterocycles. The molecule has 0 spiro atoms. The van der Waals surface area contributed by atoms with Crippen LogP contribution in [-0.2, 0) is 28.5 Å². The summed E-state index contributed by atoms with van der Waals surface area (Å²) in [6.45, 7) is 3.26. The molecule has 0 aromatic carbocycles. The van der Waals surface area contributed by atoms with Crippen molar-refractivity contribution in [3.05, 3.63) is 85.1 Å². The Hall–Kier alpha value is -3.12. The number of hydrogen-bond donors (Lipinski definition) is 4. The monoisotopic (exact) mass is 829 g/mol. The number of esters is 2. The van der Waals surface area contributed by atoms with Gasteiger partial charge in [-0.2, -0.15) is 0 Å². The first-order chi connectivity index (χ1) is 28.8. The maximum absolute atomic E-state index is 12.7. The van der Waals surface area contributed by atoms with Crippen LogP contribution < -0.4 is 0 Å². The van der Waals surface area contributed by atoms with Crippen LogP contribution in [0.4, 0.5) is 0 Å². The maximum Gasteiger partial charge on any atom is 0.306 e. The van der Waals surface area contributed by atoms with E-state index in [1.807, 2.05) is 12.2 Å². The molecule has 0 aromatic heterocycles. The zero-order valence-corrected chi connectivity index (χ0v) is 36.5. The van der Waals surface area contributed by atoms with Crippen molar-refractivity contribution in [2.24, 2.45) is 0 Å². The smallest absolute Gasteiger partial charge is 0.306 e. The summed E-state index contributed by atoms with van der Waals surface area (Å²) in [4.78, 5) is 25.3. The zero-order chi connectivity index (χ0) is 43.0. The standard InChI is InChI=1S/C49H80O10/c1-3-5-7-9-11-13-15-17-19-21-23-25-27-29-31-33-35-37-44(51)56-40-42(41-57-49-48(55)47(54)46(53)43(39-50)59-49)58-45(52)38-36-34-32-30-28-26-24-22-20-18-16-14-12-10-8-6-4-2/h11,13,17-20,23-26,29-32,42-43,46-50,53-55H,3-10,12,14-16,21-22,27-28,33-41H2,1-2H3/b13-11+,19-17+,20-18+,25-23+,26-24+,31-29+,32-30+/t42-,43-,46+,47?,48?,49-/m0/s1. The fourth-order valence-corrected chi connectivity index (χ4v) is 6.14. The van der Waals surface area contributed by atoms with Gasteiger partial charge in [-0.15, -0.1) is 0 Å². The van der Waals surface area contributed by atoms with Crippen LogP contribution in [0, 0.1) is 0 Å². The van der Waals surface area contributed by atoms with Crippen molar-refractivity contribution >= 4 is 11.9 Å². The summed E-state index contributed by atoms with van der Waals surface area (Å²) < 4.78 is 22.0. The Balaban J connectivity index is 2.43. The van der Waals surface area contributed by atoms with Gasteiger partial charge in [-0.3, -0.25) is 9.59 Å². The molecule has 0 aromatic rings. The van der Waals surface area contributed by atoms with Crippen LogP contribution in [0.3, 0.4) is 0 Å². The van der Waals surface area contributed by atoms with Crippen molar-refractivity contribution in [3.8, 4) is 0 Å². The SMILES string of the molecule is CCCCC/C=C/C/C=C/C/C=C/C/C=C/CCCC(=O)OC[C@@H](CO[C@H]1O[C@@H](CO)[C@@H](O)C(O)C1O)OC(=O)CCC/C=C/C/C=C/C/C=C/CCCCCCCC. The van der Waals surface area contributed by atoms with E-state index < -0.39 is 55.4 Å². The molecule has 1 rings (SSSR count). The lowest BCUT2D eigenvalue weighted by atomic mass is 9.99. The van der Waals surface area contributed by atoms with Gasteiger partial charge in [0.15, 0.2) is 12.4 Å². The molecule has 0 bridgehead atoms. The fourth-order valence-electron chi connectivity index (χ4n) is 6.14. The second kappa shape index (κ2) is 39.0. The minimum atomic E-state index is -1.62. The van der Waals surface area contributed by atoms with Crippen LogP contribution in [0.5, 0.6) is 0 Å². The summed E-state index contributed by atoms with van der Waals surface area (Å²) in [6.07, 6.45) is 43.1. The van der Waals surface area contributed by atoms with Crippen molar-refractivity contribution in [2.75, 3.05) is 19.8 Å². The summed E-state index contributed by atoms with van der Waals surface area (Å²) in [5.74, 6) is -0.942. The van der Waals surface area contributed by atoms with Crippen LogP contribution in [0.1, 0.15) is 155 Å². The molecule has 0 amide bonds. The number of ether oxygens (including phenoxy) is 4. The van der Waals surface area contributed by atoms with Gasteiger partial charge in [0, 0.05) is 12.8 Å². The minimum absolute atomic E-state index is 0.142. The van der Waals surface area contributed by atoms with Crippen molar-refractivity contribution in [2.45, 2.75) is 192 Å². The van der Waals surface area contributed by atoms with Gasteiger partial charge in [0.25, 0.3) is 0 Å². The van der Waals surface area contributed by atoms with Gasteiger partial charge < -0.3 is 39.4 Å². The average Bonchev–Trinajstić information content (AvgIpc) is 3.23. The number of aliphatic hydroxyl groups is 4. The quantitative estimate of drug-likeness (QED) is 0.0273. The predicted octanol–water partition coefficient (Wildman–Crippen LogP) is 9.77. The largest absolute Gasteiger partial charge is 0.462 e. The van der Waals surface area contributed by atoms with Gasteiger partial charge >= 0.3 is 11.9 Å². The third-order valence-corrected chi connectivity index (χ3v) is 9.75. The van der Waals surface area contributed by atoms with E-state index in [2.05, 4.69) is 86.8 Å². The van der Waals surface area contributed by atoms with Crippen LogP contribution in [0.15, 0.2) is 85.1 Å². The highest BCUT2D eigenvalue weighted by molar-refractivity contribution is 5.70. The number of allylic oxidation sites excluding steroid dienone is 14. The highest BCUT2D eigenvalue weighted by Gasteiger charge is 2.44. The molecule has 1 aliphatic heterocycles. The minimum Gasteiger partial charge on any atom is -0.462 e. The molecule has 10 heteroatoms. The molecule has 1 aliphatic rings. The number of rotatable bonds is 36. The van der Waals surface area contributed by atoms with Crippen molar-refractivity contribution in [1.82, 2.24) is 0 Å². The van der Waals surface area contributed by atoms with E-state index in [9.17, 15) is 30.0 Å². The van der Waals surface area contributed by atoms with Gasteiger partial charge in [0.2, 0.25) is 0 Å². The molecular formula is C49H80O10. The summed E-state index contributed by atoms with van der Waals surface area (Å²) in [5, 5.41) is 40.1. The number of carbonyl (C=O) groups is 2. The van der Waals surface area contributed by atoms with Crippen LogP contribution in [0.25, 0.3) is 0 Å². The Morgan fingerprint density at radius 3 is 1.46 bits per heavy atom. The van der Waals surface area contributed by atoms with Gasteiger partial charge in [-0.1, -0.05) is 144 Å². The predicted molar refractivity (Wildman–Crippen MR) is 237 cm³/mol. The summed E-state index contributed by atoms with van der Waals surface area (Å²) >= 11 is 0. The lowest BCUT2D eigenvalue weighted by molar-refractivity contribution is -0.305. The molecule has 4 N–H and O–H groups in total. The van der Waals surface area contributed by atoms with Gasteiger partial charge in [-0.25, -0.2) is 0 Å². The van der Waals surface area contributed by atoms with E-state index in [4.69, 9.17) is 18.9 Å². The fraction of sp³-hybridized carbons (Fsp3) is 0.673. The number of carbonyl (C=O) groups excluding carboxylic acids is 2. The highest BCUT2D eigenvalue weighted by Crippen LogP contribution is 2.22. The first kappa shape index (κ1) is 53.9. The topological polar surface area (TPSA) is 152 Å². The molecule has 59 heavy (non-hydrogen) atoms.